The van der Waals surface area contributed by atoms with Crippen LogP contribution in [0.15, 0.2) is 0 Å². The van der Waals surface area contributed by atoms with Crippen LogP contribution in [0.2, 0.25) is 0 Å². The predicted molar refractivity (Wildman–Crippen MR) is 83.0 cm³/mol. The summed E-state index contributed by atoms with van der Waals surface area (Å²) in [5.41, 5.74) is 0. The molecule has 4 heteroatoms. The molecule has 0 aromatic heterocycles. The molecular formula is C16H32N2O2. The summed E-state index contributed by atoms with van der Waals surface area (Å²) in [6.45, 7) is 6.31. The van der Waals surface area contributed by atoms with Gasteiger partial charge in [0, 0.05) is 12.1 Å². The van der Waals surface area contributed by atoms with Crippen LogP contribution < -0.4 is 5.32 Å². The van der Waals surface area contributed by atoms with Crippen LogP contribution in [0.25, 0.3) is 0 Å². The van der Waals surface area contributed by atoms with Crippen molar-refractivity contribution in [2.75, 3.05) is 20.1 Å². The molecule has 0 aromatic carbocycles. The van der Waals surface area contributed by atoms with Crippen molar-refractivity contribution in [2.45, 2.75) is 70.9 Å². The third kappa shape index (κ3) is 6.71. The van der Waals surface area contributed by atoms with Gasteiger partial charge in [-0.3, -0.25) is 4.79 Å². The lowest BCUT2D eigenvalue weighted by atomic mass is 9.99. The summed E-state index contributed by atoms with van der Waals surface area (Å²) in [5.74, 6) is -0.885. The van der Waals surface area contributed by atoms with Gasteiger partial charge in [0.25, 0.3) is 0 Å². The Labute approximate surface area is 123 Å². The lowest BCUT2D eigenvalue weighted by Gasteiger charge is -2.32. The van der Waals surface area contributed by atoms with Gasteiger partial charge in [-0.1, -0.05) is 19.8 Å². The van der Waals surface area contributed by atoms with E-state index in [4.69, 9.17) is 5.11 Å². The largest absolute Gasteiger partial charge is 0.481 e. The van der Waals surface area contributed by atoms with Gasteiger partial charge in [0.15, 0.2) is 0 Å². The van der Waals surface area contributed by atoms with Gasteiger partial charge < -0.3 is 15.3 Å². The number of carboxylic acid groups (broad SMARTS) is 1. The Morgan fingerprint density at radius 3 is 2.75 bits per heavy atom. The minimum absolute atomic E-state index is 0.210. The Hall–Kier alpha value is -0.610. The highest BCUT2D eigenvalue weighted by molar-refractivity contribution is 5.69. The van der Waals surface area contributed by atoms with E-state index in [1.54, 1.807) is 6.92 Å². The summed E-state index contributed by atoms with van der Waals surface area (Å²) in [6.07, 6.45) is 8.13. The number of aliphatic carboxylic acids is 1. The van der Waals surface area contributed by atoms with Gasteiger partial charge >= 0.3 is 5.97 Å². The zero-order valence-electron chi connectivity index (χ0n) is 13.4. The van der Waals surface area contributed by atoms with Crippen molar-refractivity contribution in [2.24, 2.45) is 5.92 Å². The SMILES string of the molecule is CC(CCCC(C)C(=O)O)NCCC1CCCCN1C. The molecule has 1 aliphatic heterocycles. The molecule has 3 unspecified atom stereocenters. The van der Waals surface area contributed by atoms with E-state index >= 15 is 0 Å². The van der Waals surface area contributed by atoms with Gasteiger partial charge in [0.2, 0.25) is 0 Å². The van der Waals surface area contributed by atoms with Gasteiger partial charge in [-0.25, -0.2) is 0 Å². The van der Waals surface area contributed by atoms with Gasteiger partial charge in [-0.15, -0.1) is 0 Å². The van der Waals surface area contributed by atoms with Gasteiger partial charge in [0.05, 0.1) is 5.92 Å². The molecule has 2 N–H and O–H groups in total. The third-order valence-corrected chi connectivity index (χ3v) is 4.59. The van der Waals surface area contributed by atoms with Gasteiger partial charge in [-0.2, -0.15) is 0 Å². The first-order valence-corrected chi connectivity index (χ1v) is 8.17. The van der Waals surface area contributed by atoms with E-state index in [-0.39, 0.29) is 5.92 Å². The number of nitrogens with zero attached hydrogens (tertiary/aromatic N) is 1. The fourth-order valence-corrected chi connectivity index (χ4v) is 2.96. The predicted octanol–water partition coefficient (Wildman–Crippen LogP) is 2.73. The van der Waals surface area contributed by atoms with E-state index in [9.17, 15) is 4.79 Å². The molecular weight excluding hydrogens is 252 g/mol. The van der Waals surface area contributed by atoms with E-state index in [0.717, 1.165) is 31.8 Å². The van der Waals surface area contributed by atoms with Crippen molar-refractivity contribution >= 4 is 5.97 Å². The number of piperidine rings is 1. The zero-order valence-corrected chi connectivity index (χ0v) is 13.4. The molecule has 0 aliphatic carbocycles. The third-order valence-electron chi connectivity index (χ3n) is 4.59. The zero-order chi connectivity index (χ0) is 15.0. The second kappa shape index (κ2) is 9.35. The maximum absolute atomic E-state index is 10.7. The first kappa shape index (κ1) is 17.4. The monoisotopic (exact) mass is 284 g/mol. The van der Waals surface area contributed by atoms with Crippen LogP contribution in [0.4, 0.5) is 0 Å². The minimum Gasteiger partial charge on any atom is -0.481 e. The Balaban J connectivity index is 2.05. The van der Waals surface area contributed by atoms with E-state index in [1.807, 2.05) is 0 Å². The summed E-state index contributed by atoms with van der Waals surface area (Å²) in [4.78, 5) is 13.2. The van der Waals surface area contributed by atoms with Crippen LogP contribution in [-0.2, 0) is 4.79 Å². The van der Waals surface area contributed by atoms with E-state index in [2.05, 4.69) is 24.2 Å². The Bertz CT molecular complexity index is 284. The van der Waals surface area contributed by atoms with Crippen molar-refractivity contribution < 1.29 is 9.90 Å². The Kier molecular flexibility index (Phi) is 8.15. The first-order chi connectivity index (χ1) is 9.50. The molecule has 1 heterocycles. The molecule has 20 heavy (non-hydrogen) atoms. The van der Waals surface area contributed by atoms with Crippen molar-refractivity contribution in [1.82, 2.24) is 10.2 Å². The van der Waals surface area contributed by atoms with Crippen molar-refractivity contribution in [3.8, 4) is 0 Å². The number of carboxylic acids is 1. The lowest BCUT2D eigenvalue weighted by molar-refractivity contribution is -0.141. The highest BCUT2D eigenvalue weighted by Gasteiger charge is 2.18. The van der Waals surface area contributed by atoms with Crippen molar-refractivity contribution in [1.29, 1.82) is 0 Å². The molecule has 0 bridgehead atoms. The topological polar surface area (TPSA) is 52.6 Å². The second-order valence-electron chi connectivity index (χ2n) is 6.44. The first-order valence-electron chi connectivity index (χ1n) is 8.17. The molecule has 0 saturated carbocycles. The molecule has 1 saturated heterocycles. The molecule has 0 radical (unpaired) electrons. The van der Waals surface area contributed by atoms with E-state index in [0.29, 0.717) is 6.04 Å². The molecule has 0 spiro atoms. The number of rotatable bonds is 9. The molecule has 1 aliphatic rings. The van der Waals surface area contributed by atoms with Crippen molar-refractivity contribution in [3.05, 3.63) is 0 Å². The van der Waals surface area contributed by atoms with Crippen LogP contribution in [-0.4, -0.2) is 48.2 Å². The number of nitrogens with one attached hydrogen (secondary N) is 1. The summed E-state index contributed by atoms with van der Waals surface area (Å²) < 4.78 is 0. The smallest absolute Gasteiger partial charge is 0.306 e. The second-order valence-corrected chi connectivity index (χ2v) is 6.44. The Morgan fingerprint density at radius 1 is 1.35 bits per heavy atom. The molecule has 1 rings (SSSR count). The quantitative estimate of drug-likeness (QED) is 0.683. The fourth-order valence-electron chi connectivity index (χ4n) is 2.96. The molecule has 3 atom stereocenters. The Morgan fingerprint density at radius 2 is 2.10 bits per heavy atom. The highest BCUT2D eigenvalue weighted by atomic mass is 16.4. The summed E-state index contributed by atoms with van der Waals surface area (Å²) >= 11 is 0. The minimum atomic E-state index is -0.675. The standard InChI is InChI=1S/C16H32N2O2/c1-13(16(19)20)7-6-8-14(2)17-11-10-15-9-4-5-12-18(15)3/h13-15,17H,4-12H2,1-3H3,(H,19,20). The van der Waals surface area contributed by atoms with Crippen LogP contribution in [0.5, 0.6) is 0 Å². The maximum atomic E-state index is 10.7. The molecule has 4 nitrogen and oxygen atoms in total. The maximum Gasteiger partial charge on any atom is 0.306 e. The number of carbonyl (C=O) groups is 1. The summed E-state index contributed by atoms with van der Waals surface area (Å²) in [7, 11) is 2.24. The van der Waals surface area contributed by atoms with Crippen LogP contribution in [0.3, 0.4) is 0 Å². The normalized spacial score (nSPS) is 23.4. The fraction of sp³-hybridized carbons (Fsp3) is 0.938. The highest BCUT2D eigenvalue weighted by Crippen LogP contribution is 2.17. The van der Waals surface area contributed by atoms with E-state index in [1.165, 1.54) is 32.2 Å². The molecule has 118 valence electrons. The van der Waals surface area contributed by atoms with Crippen LogP contribution >= 0.6 is 0 Å². The summed E-state index contributed by atoms with van der Waals surface area (Å²) in [6, 6.07) is 1.24. The van der Waals surface area contributed by atoms with Gasteiger partial charge in [0.1, 0.15) is 0 Å². The molecule has 0 amide bonds. The molecule has 0 aromatic rings. The number of likely N-dealkylation sites (tertiary alicyclic amines) is 1. The lowest BCUT2D eigenvalue weighted by Crippen LogP contribution is -2.39. The average Bonchev–Trinajstić information content (AvgIpc) is 2.40. The average molecular weight is 284 g/mol. The van der Waals surface area contributed by atoms with Gasteiger partial charge in [-0.05, 0) is 59.2 Å². The van der Waals surface area contributed by atoms with Crippen LogP contribution in [0, 0.1) is 5.92 Å². The number of hydrogen-bond acceptors (Lipinski definition) is 3. The van der Waals surface area contributed by atoms with Crippen molar-refractivity contribution in [3.63, 3.8) is 0 Å². The van der Waals surface area contributed by atoms with E-state index < -0.39 is 5.97 Å². The summed E-state index contributed by atoms with van der Waals surface area (Å²) in [5, 5.41) is 12.4. The van der Waals surface area contributed by atoms with Crippen LogP contribution in [0.1, 0.15) is 58.8 Å². The number of hydrogen-bond donors (Lipinski definition) is 2. The molecule has 1 fully saturated rings.